The van der Waals surface area contributed by atoms with Crippen molar-refractivity contribution in [2.24, 2.45) is 0 Å². The molecule has 0 atom stereocenters. The number of nitrogens with one attached hydrogen (secondary N) is 1. The van der Waals surface area contributed by atoms with Gasteiger partial charge in [0.25, 0.3) is 0 Å². The van der Waals surface area contributed by atoms with E-state index in [1.807, 2.05) is 60.7 Å². The van der Waals surface area contributed by atoms with Crippen LogP contribution in [0.15, 0.2) is 66.9 Å². The third kappa shape index (κ3) is 3.67. The van der Waals surface area contributed by atoms with Crippen molar-refractivity contribution in [3.05, 3.63) is 72.4 Å². The molecule has 2 aromatic carbocycles. The molecule has 1 amide bonds. The molecule has 148 valence electrons. The summed E-state index contributed by atoms with van der Waals surface area (Å²) in [6, 6.07) is 19.5. The molecule has 1 heterocycles. The van der Waals surface area contributed by atoms with Crippen LogP contribution in [0.1, 0.15) is 25.3 Å². The molecule has 0 unspecified atom stereocenters. The highest BCUT2D eigenvalue weighted by molar-refractivity contribution is 5.84. The Labute approximate surface area is 169 Å². The summed E-state index contributed by atoms with van der Waals surface area (Å²) in [5, 5.41) is 22.0. The molecule has 0 spiro atoms. The predicted octanol–water partition coefficient (Wildman–Crippen LogP) is 4.01. The Morgan fingerprint density at radius 3 is 2.24 bits per heavy atom. The minimum absolute atomic E-state index is 0.338. The van der Waals surface area contributed by atoms with Gasteiger partial charge in [0.2, 0.25) is 0 Å². The van der Waals surface area contributed by atoms with Crippen molar-refractivity contribution < 1.29 is 15.0 Å². The van der Waals surface area contributed by atoms with E-state index in [1.54, 1.807) is 13.1 Å². The van der Waals surface area contributed by atoms with Crippen LogP contribution in [0.25, 0.3) is 22.3 Å². The van der Waals surface area contributed by atoms with Gasteiger partial charge in [-0.1, -0.05) is 54.6 Å². The van der Waals surface area contributed by atoms with Crippen molar-refractivity contribution >= 4 is 11.9 Å². The molecule has 0 aliphatic heterocycles. The number of hydrogen-bond donors (Lipinski definition) is 4. The second-order valence-corrected chi connectivity index (χ2v) is 7.96. The standard InChI is InChI=1S/C23H23N3O3/c1-22(29)13-23(14-22,26-21(27)28)17-9-7-16(8-10-17)19-12-25-20(24)11-18(19)15-5-3-2-4-6-15/h2-12,26,29H,13-14H2,1H3,(H2,24,25)(H,27,28)/t22-,23-. The van der Waals surface area contributed by atoms with E-state index >= 15 is 0 Å². The van der Waals surface area contributed by atoms with Crippen LogP contribution >= 0.6 is 0 Å². The fraction of sp³-hybridized carbons (Fsp3) is 0.217. The van der Waals surface area contributed by atoms with Crippen molar-refractivity contribution in [1.82, 2.24) is 10.3 Å². The minimum Gasteiger partial charge on any atom is -0.465 e. The third-order valence-corrected chi connectivity index (χ3v) is 5.47. The van der Waals surface area contributed by atoms with Gasteiger partial charge in [0, 0.05) is 24.6 Å². The molecule has 1 fully saturated rings. The molecule has 3 aromatic rings. The van der Waals surface area contributed by atoms with Crippen LogP contribution in [-0.2, 0) is 5.54 Å². The number of rotatable bonds is 4. The summed E-state index contributed by atoms with van der Waals surface area (Å²) in [5.41, 5.74) is 9.04. The number of carbonyl (C=O) groups is 1. The molecule has 0 saturated heterocycles. The number of pyridine rings is 1. The Morgan fingerprint density at radius 2 is 1.66 bits per heavy atom. The zero-order chi connectivity index (χ0) is 20.6. The maximum Gasteiger partial charge on any atom is 0.405 e. The van der Waals surface area contributed by atoms with Crippen molar-refractivity contribution in [3.8, 4) is 22.3 Å². The van der Waals surface area contributed by atoms with Gasteiger partial charge in [-0.2, -0.15) is 0 Å². The topological polar surface area (TPSA) is 108 Å². The van der Waals surface area contributed by atoms with Crippen LogP contribution in [0.2, 0.25) is 0 Å². The summed E-state index contributed by atoms with van der Waals surface area (Å²) in [4.78, 5) is 15.6. The third-order valence-electron chi connectivity index (χ3n) is 5.47. The van der Waals surface area contributed by atoms with Gasteiger partial charge in [-0.15, -0.1) is 0 Å². The summed E-state index contributed by atoms with van der Waals surface area (Å²) in [7, 11) is 0. The molecule has 6 heteroatoms. The molecule has 5 N–H and O–H groups in total. The molecule has 1 aliphatic rings. The van der Waals surface area contributed by atoms with Crippen LogP contribution in [0.3, 0.4) is 0 Å². The summed E-state index contributed by atoms with van der Waals surface area (Å²) in [6.45, 7) is 1.72. The lowest BCUT2D eigenvalue weighted by Crippen LogP contribution is -2.61. The number of anilines is 1. The van der Waals surface area contributed by atoms with Crippen molar-refractivity contribution in [2.45, 2.75) is 30.9 Å². The second kappa shape index (κ2) is 6.90. The molecule has 0 radical (unpaired) electrons. The average Bonchev–Trinajstić information content (AvgIpc) is 2.67. The summed E-state index contributed by atoms with van der Waals surface area (Å²) in [6.07, 6.45) is 1.33. The molecule has 1 aromatic heterocycles. The largest absolute Gasteiger partial charge is 0.465 e. The monoisotopic (exact) mass is 389 g/mol. The number of benzene rings is 2. The first-order chi connectivity index (χ1) is 13.8. The van der Waals surface area contributed by atoms with Crippen LogP contribution in [0, 0.1) is 0 Å². The number of aromatic nitrogens is 1. The Hall–Kier alpha value is -3.38. The number of amides is 1. The zero-order valence-electron chi connectivity index (χ0n) is 16.1. The highest BCUT2D eigenvalue weighted by Crippen LogP contribution is 2.48. The number of hydrogen-bond acceptors (Lipinski definition) is 4. The summed E-state index contributed by atoms with van der Waals surface area (Å²) in [5.74, 6) is 0.450. The second-order valence-electron chi connectivity index (χ2n) is 7.96. The number of aliphatic hydroxyl groups is 1. The molecule has 4 rings (SSSR count). The highest BCUT2D eigenvalue weighted by atomic mass is 16.4. The maximum atomic E-state index is 11.3. The van der Waals surface area contributed by atoms with E-state index in [0.29, 0.717) is 18.7 Å². The summed E-state index contributed by atoms with van der Waals surface area (Å²) < 4.78 is 0. The molecule has 6 nitrogen and oxygen atoms in total. The van der Waals surface area contributed by atoms with Crippen molar-refractivity contribution in [1.29, 1.82) is 0 Å². The Kier molecular flexibility index (Phi) is 4.51. The Morgan fingerprint density at radius 1 is 1.03 bits per heavy atom. The number of nitrogens with zero attached hydrogens (tertiary/aromatic N) is 1. The molecule has 29 heavy (non-hydrogen) atoms. The molecule has 1 aliphatic carbocycles. The van der Waals surface area contributed by atoms with Gasteiger partial charge in [-0.3, -0.25) is 0 Å². The minimum atomic E-state index is -1.10. The van der Waals surface area contributed by atoms with E-state index in [2.05, 4.69) is 10.3 Å². The van der Waals surface area contributed by atoms with E-state index in [4.69, 9.17) is 5.73 Å². The number of nitrogen functional groups attached to an aromatic ring is 1. The van der Waals surface area contributed by atoms with E-state index in [9.17, 15) is 15.0 Å². The lowest BCUT2D eigenvalue weighted by Gasteiger charge is -2.51. The smallest absolute Gasteiger partial charge is 0.405 e. The van der Waals surface area contributed by atoms with Crippen molar-refractivity contribution in [2.75, 3.05) is 5.73 Å². The van der Waals surface area contributed by atoms with Crippen LogP contribution in [0.5, 0.6) is 0 Å². The predicted molar refractivity (Wildman–Crippen MR) is 112 cm³/mol. The lowest BCUT2D eigenvalue weighted by atomic mass is 9.62. The summed E-state index contributed by atoms with van der Waals surface area (Å²) >= 11 is 0. The van der Waals surface area contributed by atoms with Crippen molar-refractivity contribution in [3.63, 3.8) is 0 Å². The molecule has 1 saturated carbocycles. The van der Waals surface area contributed by atoms with Gasteiger partial charge in [0.15, 0.2) is 0 Å². The quantitative estimate of drug-likeness (QED) is 0.539. The Bertz CT molecular complexity index is 1040. The van der Waals surface area contributed by atoms with E-state index in [-0.39, 0.29) is 0 Å². The van der Waals surface area contributed by atoms with Crippen LogP contribution in [-0.4, -0.2) is 26.9 Å². The van der Waals surface area contributed by atoms with Gasteiger partial charge in [0.1, 0.15) is 5.82 Å². The average molecular weight is 389 g/mol. The highest BCUT2D eigenvalue weighted by Gasteiger charge is 2.53. The zero-order valence-corrected chi connectivity index (χ0v) is 16.1. The fourth-order valence-corrected chi connectivity index (χ4v) is 4.34. The van der Waals surface area contributed by atoms with Gasteiger partial charge >= 0.3 is 6.09 Å². The molecular formula is C23H23N3O3. The van der Waals surface area contributed by atoms with Gasteiger partial charge in [-0.05, 0) is 35.2 Å². The van der Waals surface area contributed by atoms with Gasteiger partial charge < -0.3 is 21.3 Å². The number of carboxylic acid groups (broad SMARTS) is 1. The van der Waals surface area contributed by atoms with E-state index in [1.165, 1.54) is 0 Å². The van der Waals surface area contributed by atoms with Crippen LogP contribution < -0.4 is 11.1 Å². The molecular weight excluding hydrogens is 366 g/mol. The van der Waals surface area contributed by atoms with Gasteiger partial charge in [-0.25, -0.2) is 9.78 Å². The first kappa shape index (κ1) is 19.0. The van der Waals surface area contributed by atoms with Crippen LogP contribution in [0.4, 0.5) is 10.6 Å². The first-order valence-corrected chi connectivity index (χ1v) is 9.43. The number of nitrogens with two attached hydrogens (primary N) is 1. The normalized spacial score (nSPS) is 23.2. The van der Waals surface area contributed by atoms with Gasteiger partial charge in [0.05, 0.1) is 11.1 Å². The first-order valence-electron chi connectivity index (χ1n) is 9.43. The lowest BCUT2D eigenvalue weighted by molar-refractivity contribution is -0.0858. The molecule has 0 bridgehead atoms. The van der Waals surface area contributed by atoms with E-state index in [0.717, 1.165) is 27.8 Å². The maximum absolute atomic E-state index is 11.3. The van der Waals surface area contributed by atoms with E-state index < -0.39 is 17.2 Å². The Balaban J connectivity index is 1.71. The SMILES string of the molecule is C[C@]1(O)C[C@@](NC(=O)O)(c2ccc(-c3cnc(N)cc3-c3ccccc3)cc2)C1. The fourth-order valence-electron chi connectivity index (χ4n) is 4.34.